The van der Waals surface area contributed by atoms with Crippen molar-refractivity contribution >= 4 is 18.0 Å². The lowest BCUT2D eigenvalue weighted by Gasteiger charge is -2.22. The number of ether oxygens (including phenoxy) is 1. The number of carbonyl (C=O) groups is 3. The Morgan fingerprint density at radius 1 is 1.06 bits per heavy atom. The first kappa shape index (κ1) is 21.9. The van der Waals surface area contributed by atoms with Gasteiger partial charge in [-0.25, -0.2) is 4.79 Å². The third-order valence-electron chi connectivity index (χ3n) is 6.32. The average Bonchev–Trinajstić information content (AvgIpc) is 3.58. The van der Waals surface area contributed by atoms with Crippen LogP contribution in [-0.4, -0.2) is 54.2 Å². The molecule has 2 N–H and O–H groups in total. The fourth-order valence-corrected chi connectivity index (χ4v) is 4.36. The molecule has 2 amide bonds. The monoisotopic (exact) mass is 436 g/mol. The molecule has 2 aromatic carbocycles. The molecule has 0 saturated heterocycles. The van der Waals surface area contributed by atoms with E-state index in [0.717, 1.165) is 24.0 Å². The van der Waals surface area contributed by atoms with Gasteiger partial charge in [0.05, 0.1) is 6.42 Å². The topological polar surface area (TPSA) is 95.9 Å². The molecule has 2 aromatic rings. The second kappa shape index (κ2) is 9.42. The number of rotatable bonds is 9. The van der Waals surface area contributed by atoms with Crippen LogP contribution >= 0.6 is 0 Å². The summed E-state index contributed by atoms with van der Waals surface area (Å²) < 4.78 is 5.62. The van der Waals surface area contributed by atoms with E-state index in [0.29, 0.717) is 0 Å². The lowest BCUT2D eigenvalue weighted by molar-refractivity contribution is -0.138. The van der Waals surface area contributed by atoms with Crippen LogP contribution in [0.2, 0.25) is 0 Å². The molecular formula is C25H28N2O5. The van der Waals surface area contributed by atoms with Gasteiger partial charge in [0, 0.05) is 32.0 Å². The standard InChI is InChI=1S/C25H28N2O5/c1-27(13-12-24(29)30)23(28)14-22(16-10-11-16)26-25(31)32-15-21-19-8-4-2-6-17(19)18-7-3-5-9-20(18)21/h2-9,16,21-22H,10-15H2,1H3,(H,26,31)(H,29,30). The number of carboxylic acids is 1. The zero-order valence-corrected chi connectivity index (χ0v) is 18.1. The first-order valence-corrected chi connectivity index (χ1v) is 11.0. The third kappa shape index (κ3) is 4.93. The molecule has 0 radical (unpaired) electrons. The molecule has 32 heavy (non-hydrogen) atoms. The Balaban J connectivity index is 1.35. The number of nitrogens with zero attached hydrogens (tertiary/aromatic N) is 1. The molecule has 0 spiro atoms. The van der Waals surface area contributed by atoms with Crippen molar-refractivity contribution in [2.75, 3.05) is 20.2 Å². The summed E-state index contributed by atoms with van der Waals surface area (Å²) >= 11 is 0. The number of fused-ring (bicyclic) bond motifs is 3. The van der Waals surface area contributed by atoms with Crippen molar-refractivity contribution in [1.29, 1.82) is 0 Å². The molecule has 0 aromatic heterocycles. The van der Waals surface area contributed by atoms with E-state index in [-0.39, 0.29) is 49.8 Å². The van der Waals surface area contributed by atoms with Crippen LogP contribution in [0.1, 0.15) is 42.7 Å². The normalized spacial score (nSPS) is 15.4. The van der Waals surface area contributed by atoms with E-state index in [1.54, 1.807) is 7.05 Å². The zero-order valence-electron chi connectivity index (χ0n) is 18.1. The number of hydrogen-bond acceptors (Lipinski definition) is 4. The molecule has 1 atom stereocenters. The van der Waals surface area contributed by atoms with Crippen LogP contribution in [0.4, 0.5) is 4.79 Å². The van der Waals surface area contributed by atoms with Crippen LogP contribution in [-0.2, 0) is 14.3 Å². The molecule has 2 aliphatic rings. The first-order chi connectivity index (χ1) is 15.4. The van der Waals surface area contributed by atoms with E-state index in [2.05, 4.69) is 29.6 Å². The van der Waals surface area contributed by atoms with Crippen LogP contribution in [0.5, 0.6) is 0 Å². The van der Waals surface area contributed by atoms with Gasteiger partial charge in [-0.3, -0.25) is 9.59 Å². The predicted octanol–water partition coefficient (Wildman–Crippen LogP) is 3.63. The Kier molecular flexibility index (Phi) is 6.44. The van der Waals surface area contributed by atoms with E-state index in [9.17, 15) is 14.4 Å². The summed E-state index contributed by atoms with van der Waals surface area (Å²) in [6.45, 7) is 0.375. The minimum atomic E-state index is -0.944. The lowest BCUT2D eigenvalue weighted by atomic mass is 9.98. The van der Waals surface area contributed by atoms with Gasteiger partial charge < -0.3 is 20.1 Å². The van der Waals surface area contributed by atoms with Gasteiger partial charge in [0.1, 0.15) is 6.61 Å². The van der Waals surface area contributed by atoms with Gasteiger partial charge in [0.2, 0.25) is 5.91 Å². The number of amides is 2. The van der Waals surface area contributed by atoms with Gasteiger partial charge in [-0.15, -0.1) is 0 Å². The summed E-state index contributed by atoms with van der Waals surface area (Å²) in [7, 11) is 1.59. The number of aliphatic carboxylic acids is 1. The number of hydrogen-bond donors (Lipinski definition) is 2. The number of benzene rings is 2. The maximum absolute atomic E-state index is 12.6. The fourth-order valence-electron chi connectivity index (χ4n) is 4.36. The van der Waals surface area contributed by atoms with Crippen LogP contribution < -0.4 is 5.32 Å². The van der Waals surface area contributed by atoms with Crippen molar-refractivity contribution in [3.8, 4) is 11.1 Å². The van der Waals surface area contributed by atoms with Crippen molar-refractivity contribution < 1.29 is 24.2 Å². The summed E-state index contributed by atoms with van der Waals surface area (Å²) in [4.78, 5) is 37.2. The first-order valence-electron chi connectivity index (χ1n) is 11.0. The zero-order chi connectivity index (χ0) is 22.7. The van der Waals surface area contributed by atoms with Gasteiger partial charge in [0.15, 0.2) is 0 Å². The largest absolute Gasteiger partial charge is 0.481 e. The molecule has 7 nitrogen and oxygen atoms in total. The van der Waals surface area contributed by atoms with E-state index in [4.69, 9.17) is 9.84 Å². The van der Waals surface area contributed by atoms with Gasteiger partial charge in [-0.05, 0) is 41.0 Å². The van der Waals surface area contributed by atoms with E-state index >= 15 is 0 Å². The molecule has 7 heteroatoms. The van der Waals surface area contributed by atoms with Crippen LogP contribution in [0.25, 0.3) is 11.1 Å². The third-order valence-corrected chi connectivity index (χ3v) is 6.32. The highest BCUT2D eigenvalue weighted by Crippen LogP contribution is 2.44. The summed E-state index contributed by atoms with van der Waals surface area (Å²) in [5.74, 6) is -0.883. The minimum Gasteiger partial charge on any atom is -0.481 e. The van der Waals surface area contributed by atoms with Crippen LogP contribution in [0.3, 0.4) is 0 Å². The second-order valence-electron chi connectivity index (χ2n) is 8.58. The van der Waals surface area contributed by atoms with E-state index < -0.39 is 12.1 Å². The van der Waals surface area contributed by atoms with E-state index in [1.807, 2.05) is 24.3 Å². The number of carbonyl (C=O) groups excluding carboxylic acids is 2. The Labute approximate surface area is 187 Å². The van der Waals surface area contributed by atoms with Crippen LogP contribution in [0, 0.1) is 5.92 Å². The molecule has 0 heterocycles. The molecule has 0 aliphatic heterocycles. The summed E-state index contributed by atoms with van der Waals surface area (Å²) in [5.41, 5.74) is 4.64. The van der Waals surface area contributed by atoms with Gasteiger partial charge in [0.25, 0.3) is 0 Å². The number of nitrogens with one attached hydrogen (secondary N) is 1. The summed E-state index contributed by atoms with van der Waals surface area (Å²) in [6.07, 6.45) is 1.44. The van der Waals surface area contributed by atoms with Crippen LogP contribution in [0.15, 0.2) is 48.5 Å². The van der Waals surface area contributed by atoms with Gasteiger partial charge in [-0.1, -0.05) is 48.5 Å². The van der Waals surface area contributed by atoms with Gasteiger partial charge >= 0.3 is 12.1 Å². The smallest absolute Gasteiger partial charge is 0.407 e. The second-order valence-corrected chi connectivity index (χ2v) is 8.58. The molecule has 0 bridgehead atoms. The van der Waals surface area contributed by atoms with Crippen molar-refractivity contribution in [2.24, 2.45) is 5.92 Å². The molecule has 168 valence electrons. The average molecular weight is 437 g/mol. The highest BCUT2D eigenvalue weighted by molar-refractivity contribution is 5.80. The predicted molar refractivity (Wildman–Crippen MR) is 119 cm³/mol. The van der Waals surface area contributed by atoms with Crippen molar-refractivity contribution in [2.45, 2.75) is 37.6 Å². The summed E-state index contributed by atoms with van der Waals surface area (Å²) in [6, 6.07) is 16.0. The molecule has 4 rings (SSSR count). The molecule has 1 unspecified atom stereocenters. The van der Waals surface area contributed by atoms with Crippen molar-refractivity contribution in [3.63, 3.8) is 0 Å². The lowest BCUT2D eigenvalue weighted by Crippen LogP contribution is -2.42. The number of carboxylic acid groups (broad SMARTS) is 1. The Morgan fingerprint density at radius 3 is 2.22 bits per heavy atom. The van der Waals surface area contributed by atoms with Crippen molar-refractivity contribution in [1.82, 2.24) is 10.2 Å². The SMILES string of the molecule is CN(CCC(=O)O)C(=O)CC(NC(=O)OCC1c2ccccc2-c2ccccc21)C1CC1. The Hall–Kier alpha value is -3.35. The fraction of sp³-hybridized carbons (Fsp3) is 0.400. The Morgan fingerprint density at radius 2 is 1.66 bits per heavy atom. The quantitative estimate of drug-likeness (QED) is 0.626. The highest BCUT2D eigenvalue weighted by Gasteiger charge is 2.35. The molecule has 1 fully saturated rings. The maximum atomic E-state index is 12.6. The maximum Gasteiger partial charge on any atom is 0.407 e. The molecular weight excluding hydrogens is 408 g/mol. The highest BCUT2D eigenvalue weighted by atomic mass is 16.5. The minimum absolute atomic E-state index is 0.0173. The number of alkyl carbamates (subject to hydrolysis) is 1. The molecule has 2 aliphatic carbocycles. The summed E-state index contributed by atoms with van der Waals surface area (Å²) in [5, 5.41) is 11.7. The van der Waals surface area contributed by atoms with E-state index in [1.165, 1.54) is 16.0 Å². The molecule has 1 saturated carbocycles. The van der Waals surface area contributed by atoms with Gasteiger partial charge in [-0.2, -0.15) is 0 Å². The van der Waals surface area contributed by atoms with Crippen molar-refractivity contribution in [3.05, 3.63) is 59.7 Å². The Bertz CT molecular complexity index is 971.